The van der Waals surface area contributed by atoms with Crippen molar-refractivity contribution in [1.29, 1.82) is 0 Å². The molecule has 0 radical (unpaired) electrons. The van der Waals surface area contributed by atoms with E-state index < -0.39 is 0 Å². The van der Waals surface area contributed by atoms with E-state index >= 15 is 0 Å². The molecule has 4 aliphatic rings. The van der Waals surface area contributed by atoms with Gasteiger partial charge in [-0.15, -0.1) is 0 Å². The zero-order valence-electron chi connectivity index (χ0n) is 26.1. The third-order valence-electron chi connectivity index (χ3n) is 10.9. The quantitative estimate of drug-likeness (QED) is 0.201. The van der Waals surface area contributed by atoms with Crippen LogP contribution in [0.4, 0.5) is 0 Å². The van der Waals surface area contributed by atoms with E-state index in [1.54, 1.807) is 10.6 Å². The Kier molecular flexibility index (Phi) is 11.8. The lowest BCUT2D eigenvalue weighted by atomic mass is 9.99. The third kappa shape index (κ3) is 7.86. The van der Waals surface area contributed by atoms with Gasteiger partial charge in [-0.05, 0) is 96.3 Å². The summed E-state index contributed by atoms with van der Waals surface area (Å²) in [6, 6.07) is 18.8. The second kappa shape index (κ2) is 16.1. The lowest BCUT2D eigenvalue weighted by molar-refractivity contribution is 0.487. The van der Waals surface area contributed by atoms with E-state index in [1.807, 2.05) is 0 Å². The molecule has 0 unspecified atom stereocenters. The summed E-state index contributed by atoms with van der Waals surface area (Å²) in [5.74, 6) is 0. The summed E-state index contributed by atoms with van der Waals surface area (Å²) < 4.78 is 0. The molecule has 4 fully saturated rings. The first-order valence-corrected chi connectivity index (χ1v) is 20.8. The zero-order valence-corrected chi connectivity index (χ0v) is 27.9. The van der Waals surface area contributed by atoms with Crippen molar-refractivity contribution in [3.63, 3.8) is 0 Å². The van der Waals surface area contributed by atoms with E-state index in [1.165, 1.54) is 140 Å². The van der Waals surface area contributed by atoms with Gasteiger partial charge in [0.1, 0.15) is 0 Å². The molecule has 0 bridgehead atoms. The standard InChI is InChI=1S/C39H55NP2/c1-5-19-34(20-6-1)41(35-21-7-2-8-22-35)38-27-15-13-17-32(38)29-30-40-31-33-18-14-16-28-39(33)42(36-23-9-3-10-24-36)37-25-11-4-12-26-37/h13-18,27-31,34-37H,1-12,19-26H2/b30-29-,40-31-. The summed E-state index contributed by atoms with van der Waals surface area (Å²) in [7, 11) is -0.226. The van der Waals surface area contributed by atoms with Crippen LogP contribution in [0.1, 0.15) is 140 Å². The first-order chi connectivity index (χ1) is 20.9. The van der Waals surface area contributed by atoms with Crippen molar-refractivity contribution in [3.05, 3.63) is 65.9 Å². The monoisotopic (exact) mass is 599 g/mol. The van der Waals surface area contributed by atoms with Crippen LogP contribution in [0.2, 0.25) is 0 Å². The molecule has 0 heterocycles. The molecule has 0 spiro atoms. The highest BCUT2D eigenvalue weighted by molar-refractivity contribution is 7.67. The predicted molar refractivity (Wildman–Crippen MR) is 190 cm³/mol. The van der Waals surface area contributed by atoms with Crippen LogP contribution in [0.5, 0.6) is 0 Å². The molecule has 0 atom stereocenters. The minimum absolute atomic E-state index is 0.107. The fourth-order valence-electron chi connectivity index (χ4n) is 8.76. The molecular weight excluding hydrogens is 544 g/mol. The molecule has 2 aromatic rings. The molecule has 226 valence electrons. The molecule has 3 heteroatoms. The molecule has 0 saturated heterocycles. The molecule has 0 aliphatic heterocycles. The Bertz CT molecular complexity index is 1020. The molecule has 6 rings (SSSR count). The van der Waals surface area contributed by atoms with E-state index in [-0.39, 0.29) is 15.8 Å². The van der Waals surface area contributed by atoms with Gasteiger partial charge in [-0.25, -0.2) is 0 Å². The summed E-state index contributed by atoms with van der Waals surface area (Å²) in [5, 5.41) is 3.33. The summed E-state index contributed by atoms with van der Waals surface area (Å²) in [6.07, 6.45) is 35.7. The number of hydrogen-bond acceptors (Lipinski definition) is 1. The van der Waals surface area contributed by atoms with E-state index in [4.69, 9.17) is 4.99 Å². The molecule has 0 aromatic heterocycles. The normalized spacial score (nSPS) is 22.6. The lowest BCUT2D eigenvalue weighted by Crippen LogP contribution is -2.27. The number of nitrogens with zero attached hydrogens (tertiary/aromatic N) is 1. The van der Waals surface area contributed by atoms with Crippen molar-refractivity contribution in [3.8, 4) is 0 Å². The van der Waals surface area contributed by atoms with E-state index in [0.29, 0.717) is 0 Å². The first kappa shape index (κ1) is 30.7. The van der Waals surface area contributed by atoms with Crippen molar-refractivity contribution in [2.75, 3.05) is 0 Å². The van der Waals surface area contributed by atoms with Crippen molar-refractivity contribution in [2.24, 2.45) is 4.99 Å². The Labute approximate surface area is 260 Å². The number of benzene rings is 2. The Hall–Kier alpha value is -1.29. The van der Waals surface area contributed by atoms with Crippen LogP contribution in [-0.2, 0) is 0 Å². The maximum Gasteiger partial charge on any atom is 0.0346 e. The topological polar surface area (TPSA) is 12.4 Å². The van der Waals surface area contributed by atoms with Crippen LogP contribution in [0.3, 0.4) is 0 Å². The van der Waals surface area contributed by atoms with E-state index in [2.05, 4.69) is 67.0 Å². The lowest BCUT2D eigenvalue weighted by Gasteiger charge is -2.39. The Balaban J connectivity index is 1.24. The van der Waals surface area contributed by atoms with Crippen LogP contribution in [0, 0.1) is 0 Å². The van der Waals surface area contributed by atoms with Gasteiger partial charge in [0.15, 0.2) is 0 Å². The minimum Gasteiger partial charge on any atom is -0.264 e. The summed E-state index contributed by atoms with van der Waals surface area (Å²) in [6.45, 7) is 0. The van der Waals surface area contributed by atoms with Gasteiger partial charge < -0.3 is 0 Å². The minimum atomic E-state index is -0.119. The van der Waals surface area contributed by atoms with E-state index in [0.717, 1.165) is 22.6 Å². The highest BCUT2D eigenvalue weighted by atomic mass is 31.1. The Morgan fingerprint density at radius 2 is 0.810 bits per heavy atom. The molecule has 42 heavy (non-hydrogen) atoms. The summed E-state index contributed by atoms with van der Waals surface area (Å²) >= 11 is 0. The predicted octanol–water partition coefficient (Wildman–Crippen LogP) is 11.3. The molecule has 4 aliphatic carbocycles. The van der Waals surface area contributed by atoms with Gasteiger partial charge in [0.2, 0.25) is 0 Å². The summed E-state index contributed by atoms with van der Waals surface area (Å²) in [5.41, 5.74) is 6.54. The van der Waals surface area contributed by atoms with Crippen molar-refractivity contribution in [2.45, 2.75) is 151 Å². The van der Waals surface area contributed by atoms with Crippen LogP contribution in [-0.4, -0.2) is 28.9 Å². The SMILES string of the molecule is C(=C/c1ccccc1P(C1CCCCC1)C1CCCCC1)/N=C\c1ccccc1P(C1CCCCC1)C1CCCCC1. The van der Waals surface area contributed by atoms with Crippen LogP contribution >= 0.6 is 15.8 Å². The maximum atomic E-state index is 5.01. The van der Waals surface area contributed by atoms with Gasteiger partial charge in [0.25, 0.3) is 0 Å². The van der Waals surface area contributed by atoms with Crippen LogP contribution < -0.4 is 10.6 Å². The van der Waals surface area contributed by atoms with Gasteiger partial charge in [-0.3, -0.25) is 4.99 Å². The Morgan fingerprint density at radius 1 is 0.452 bits per heavy atom. The fourth-order valence-corrected chi connectivity index (χ4v) is 16.6. The molecular formula is C39H55NP2. The molecule has 1 nitrogen and oxygen atoms in total. The maximum absolute atomic E-state index is 5.01. The van der Waals surface area contributed by atoms with Crippen LogP contribution in [0.25, 0.3) is 6.08 Å². The highest BCUT2D eigenvalue weighted by Gasteiger charge is 2.34. The van der Waals surface area contributed by atoms with Gasteiger partial charge in [-0.1, -0.05) is 141 Å². The Morgan fingerprint density at radius 3 is 1.24 bits per heavy atom. The average Bonchev–Trinajstić information content (AvgIpc) is 3.07. The summed E-state index contributed by atoms with van der Waals surface area (Å²) in [4.78, 5) is 5.01. The smallest absolute Gasteiger partial charge is 0.0346 e. The molecule has 4 saturated carbocycles. The van der Waals surface area contributed by atoms with Gasteiger partial charge in [0, 0.05) is 18.0 Å². The molecule has 0 amide bonds. The largest absolute Gasteiger partial charge is 0.264 e. The number of aliphatic imine (C=N–C) groups is 1. The van der Waals surface area contributed by atoms with Gasteiger partial charge >= 0.3 is 0 Å². The zero-order chi connectivity index (χ0) is 28.4. The van der Waals surface area contributed by atoms with Crippen molar-refractivity contribution in [1.82, 2.24) is 0 Å². The average molecular weight is 600 g/mol. The number of hydrogen-bond donors (Lipinski definition) is 0. The molecule has 0 N–H and O–H groups in total. The molecule has 2 aromatic carbocycles. The third-order valence-corrected chi connectivity index (χ3v) is 18.0. The van der Waals surface area contributed by atoms with E-state index in [9.17, 15) is 0 Å². The first-order valence-electron chi connectivity index (χ1n) is 17.8. The highest BCUT2D eigenvalue weighted by Crippen LogP contribution is 2.56. The second-order valence-corrected chi connectivity index (χ2v) is 19.2. The van der Waals surface area contributed by atoms with Crippen LogP contribution in [0.15, 0.2) is 59.7 Å². The van der Waals surface area contributed by atoms with Crippen molar-refractivity contribution < 1.29 is 0 Å². The number of rotatable bonds is 9. The second-order valence-electron chi connectivity index (χ2n) is 13.7. The van der Waals surface area contributed by atoms with Gasteiger partial charge in [-0.2, -0.15) is 0 Å². The fraction of sp³-hybridized carbons (Fsp3) is 0.615. The van der Waals surface area contributed by atoms with Gasteiger partial charge in [0.05, 0.1) is 0 Å². The van der Waals surface area contributed by atoms with Crippen molar-refractivity contribution >= 4 is 38.7 Å².